The third-order valence-corrected chi connectivity index (χ3v) is 3.50. The van der Waals surface area contributed by atoms with E-state index in [4.69, 9.17) is 4.74 Å². The molecule has 1 aromatic carbocycles. The van der Waals surface area contributed by atoms with Crippen molar-refractivity contribution in [1.82, 2.24) is 15.1 Å². The highest BCUT2D eigenvalue weighted by Crippen LogP contribution is 2.11. The van der Waals surface area contributed by atoms with Gasteiger partial charge in [0.15, 0.2) is 0 Å². The maximum Gasteiger partial charge on any atom is 0.326 e. The Hall–Kier alpha value is -2.57. The summed E-state index contributed by atoms with van der Waals surface area (Å²) in [5.41, 5.74) is 1.10. The van der Waals surface area contributed by atoms with Gasteiger partial charge in [-0.15, -0.1) is 0 Å². The molecule has 0 unspecified atom stereocenters. The van der Waals surface area contributed by atoms with Crippen LogP contribution in [0.1, 0.15) is 12.0 Å². The largest absolute Gasteiger partial charge is 0.492 e. The Balaban J connectivity index is 1.72. The Morgan fingerprint density at radius 2 is 2.13 bits per heavy atom. The van der Waals surface area contributed by atoms with E-state index in [-0.39, 0.29) is 24.8 Å². The summed E-state index contributed by atoms with van der Waals surface area (Å²) in [6.07, 6.45) is 0.242. The zero-order chi connectivity index (χ0) is 16.8. The number of hydrogen-bond acceptors (Lipinski definition) is 4. The van der Waals surface area contributed by atoms with E-state index in [1.807, 2.05) is 31.2 Å². The van der Waals surface area contributed by atoms with Crippen LogP contribution in [0.5, 0.6) is 5.75 Å². The molecule has 4 amide bonds. The first kappa shape index (κ1) is 16.8. The van der Waals surface area contributed by atoms with Gasteiger partial charge in [-0.3, -0.25) is 14.5 Å². The van der Waals surface area contributed by atoms with Gasteiger partial charge in [-0.25, -0.2) is 4.79 Å². The predicted molar refractivity (Wildman–Crippen MR) is 84.0 cm³/mol. The van der Waals surface area contributed by atoms with Gasteiger partial charge in [0.25, 0.3) is 0 Å². The number of carbonyl (C=O) groups excluding carboxylic acids is 3. The normalized spacial score (nSPS) is 14.9. The van der Waals surface area contributed by atoms with Gasteiger partial charge in [0.05, 0.1) is 6.54 Å². The summed E-state index contributed by atoms with van der Waals surface area (Å²) >= 11 is 0. The van der Waals surface area contributed by atoms with Crippen LogP contribution in [0.15, 0.2) is 24.3 Å². The zero-order valence-electron chi connectivity index (χ0n) is 13.4. The lowest BCUT2D eigenvalue weighted by atomic mass is 10.2. The predicted octanol–water partition coefficient (Wildman–Crippen LogP) is 0.774. The minimum absolute atomic E-state index is 0.242. The smallest absolute Gasteiger partial charge is 0.326 e. The number of urea groups is 1. The summed E-state index contributed by atoms with van der Waals surface area (Å²) in [5, 5.41) is 2.64. The highest BCUT2D eigenvalue weighted by molar-refractivity contribution is 6.00. The van der Waals surface area contributed by atoms with Crippen molar-refractivity contribution in [1.29, 1.82) is 0 Å². The second-order valence-electron chi connectivity index (χ2n) is 5.45. The van der Waals surface area contributed by atoms with Gasteiger partial charge >= 0.3 is 6.03 Å². The lowest BCUT2D eigenvalue weighted by molar-refractivity contribution is -0.135. The molecule has 0 aliphatic carbocycles. The van der Waals surface area contributed by atoms with E-state index in [9.17, 15) is 14.4 Å². The van der Waals surface area contributed by atoms with Crippen LogP contribution in [-0.4, -0.2) is 60.9 Å². The summed E-state index contributed by atoms with van der Waals surface area (Å²) in [7, 11) is 1.61. The average molecular weight is 319 g/mol. The number of benzene rings is 1. The fraction of sp³-hybridized carbons (Fsp3) is 0.438. The van der Waals surface area contributed by atoms with Crippen molar-refractivity contribution in [3.05, 3.63) is 29.8 Å². The molecule has 1 N–H and O–H groups in total. The first-order valence-electron chi connectivity index (χ1n) is 7.49. The lowest BCUT2D eigenvalue weighted by Crippen LogP contribution is -2.53. The van der Waals surface area contributed by atoms with Gasteiger partial charge in [-0.1, -0.05) is 12.1 Å². The quantitative estimate of drug-likeness (QED) is 0.786. The summed E-state index contributed by atoms with van der Waals surface area (Å²) in [6.45, 7) is 2.72. The second-order valence-corrected chi connectivity index (χ2v) is 5.45. The van der Waals surface area contributed by atoms with E-state index in [2.05, 4.69) is 5.32 Å². The number of carbonyl (C=O) groups is 3. The first-order chi connectivity index (χ1) is 11.0. The average Bonchev–Trinajstić information content (AvgIpc) is 2.52. The lowest BCUT2D eigenvalue weighted by Gasteiger charge is -2.31. The maximum absolute atomic E-state index is 11.8. The Labute approximate surface area is 135 Å². The van der Waals surface area contributed by atoms with Gasteiger partial charge in [0, 0.05) is 20.0 Å². The van der Waals surface area contributed by atoms with Crippen LogP contribution in [0, 0.1) is 6.92 Å². The molecule has 1 aromatic rings. The fourth-order valence-corrected chi connectivity index (χ4v) is 2.23. The fourth-order valence-electron chi connectivity index (χ4n) is 2.23. The number of aryl methyl sites for hydroxylation is 1. The van der Waals surface area contributed by atoms with Gasteiger partial charge in [-0.05, 0) is 24.6 Å². The van der Waals surface area contributed by atoms with E-state index in [0.29, 0.717) is 19.7 Å². The zero-order valence-corrected chi connectivity index (χ0v) is 13.4. The van der Waals surface area contributed by atoms with E-state index in [1.165, 1.54) is 4.90 Å². The van der Waals surface area contributed by atoms with Gasteiger partial charge in [0.2, 0.25) is 11.8 Å². The summed E-state index contributed by atoms with van der Waals surface area (Å²) < 4.78 is 5.52. The van der Waals surface area contributed by atoms with Crippen molar-refractivity contribution >= 4 is 17.8 Å². The third kappa shape index (κ3) is 4.70. The monoisotopic (exact) mass is 319 g/mol. The van der Waals surface area contributed by atoms with Crippen LogP contribution in [-0.2, 0) is 9.59 Å². The van der Waals surface area contributed by atoms with Gasteiger partial charge < -0.3 is 15.0 Å². The van der Waals surface area contributed by atoms with Crippen LogP contribution in [0.25, 0.3) is 0 Å². The molecular weight excluding hydrogens is 298 g/mol. The number of ether oxygens (including phenoxy) is 1. The van der Waals surface area contributed by atoms with E-state index >= 15 is 0 Å². The third-order valence-electron chi connectivity index (χ3n) is 3.50. The molecule has 7 heteroatoms. The molecule has 2 rings (SSSR count). The number of nitrogens with one attached hydrogen (secondary N) is 1. The molecule has 7 nitrogen and oxygen atoms in total. The Morgan fingerprint density at radius 3 is 2.87 bits per heavy atom. The van der Waals surface area contributed by atoms with Gasteiger partial charge in [-0.2, -0.15) is 0 Å². The van der Waals surface area contributed by atoms with E-state index in [1.54, 1.807) is 7.05 Å². The molecule has 0 saturated carbocycles. The van der Waals surface area contributed by atoms with Crippen molar-refractivity contribution in [2.24, 2.45) is 0 Å². The van der Waals surface area contributed by atoms with Crippen LogP contribution >= 0.6 is 0 Å². The van der Waals surface area contributed by atoms with Gasteiger partial charge in [0.1, 0.15) is 18.9 Å². The number of imide groups is 1. The molecule has 1 fully saturated rings. The number of amides is 4. The van der Waals surface area contributed by atoms with Crippen LogP contribution < -0.4 is 10.1 Å². The van der Waals surface area contributed by atoms with E-state index < -0.39 is 6.03 Å². The standard InChI is InChI=1S/C16H21N3O4/c1-12-4-3-5-13(10-12)23-9-7-17-14(20)11-19-15(21)6-8-18(2)16(19)22/h3-5,10H,6-9,11H2,1-2H3,(H,17,20). The molecule has 1 aliphatic rings. The van der Waals surface area contributed by atoms with Crippen LogP contribution in [0.4, 0.5) is 4.79 Å². The van der Waals surface area contributed by atoms with Crippen molar-refractivity contribution in [3.8, 4) is 5.75 Å². The van der Waals surface area contributed by atoms with Crippen molar-refractivity contribution in [2.45, 2.75) is 13.3 Å². The molecule has 23 heavy (non-hydrogen) atoms. The second kappa shape index (κ2) is 7.62. The molecule has 0 radical (unpaired) electrons. The number of hydrogen-bond donors (Lipinski definition) is 1. The molecule has 0 bridgehead atoms. The van der Waals surface area contributed by atoms with Crippen LogP contribution in [0.2, 0.25) is 0 Å². The number of nitrogens with zero attached hydrogens (tertiary/aromatic N) is 2. The minimum Gasteiger partial charge on any atom is -0.492 e. The highest BCUT2D eigenvalue weighted by Gasteiger charge is 2.31. The van der Waals surface area contributed by atoms with Crippen molar-refractivity contribution in [2.75, 3.05) is 33.3 Å². The van der Waals surface area contributed by atoms with E-state index in [0.717, 1.165) is 16.2 Å². The molecule has 1 aliphatic heterocycles. The highest BCUT2D eigenvalue weighted by atomic mass is 16.5. The Morgan fingerprint density at radius 1 is 1.35 bits per heavy atom. The topological polar surface area (TPSA) is 79.0 Å². The summed E-state index contributed by atoms with van der Waals surface area (Å²) in [4.78, 5) is 37.8. The summed E-state index contributed by atoms with van der Waals surface area (Å²) in [6, 6.07) is 7.18. The Bertz CT molecular complexity index is 603. The van der Waals surface area contributed by atoms with Crippen molar-refractivity contribution < 1.29 is 19.1 Å². The minimum atomic E-state index is -0.438. The molecular formula is C16H21N3O4. The molecule has 0 aromatic heterocycles. The van der Waals surface area contributed by atoms with Crippen LogP contribution in [0.3, 0.4) is 0 Å². The first-order valence-corrected chi connectivity index (χ1v) is 7.49. The molecule has 124 valence electrons. The molecule has 0 atom stereocenters. The summed E-state index contributed by atoms with van der Waals surface area (Å²) in [5.74, 6) is 0.0383. The molecule has 1 saturated heterocycles. The molecule has 0 spiro atoms. The van der Waals surface area contributed by atoms with Crippen molar-refractivity contribution in [3.63, 3.8) is 0 Å². The Kier molecular flexibility index (Phi) is 5.56. The maximum atomic E-state index is 11.8. The SMILES string of the molecule is Cc1cccc(OCCNC(=O)CN2C(=O)CCN(C)C2=O)c1. The number of rotatable bonds is 6. The molecule has 1 heterocycles.